The summed E-state index contributed by atoms with van der Waals surface area (Å²) in [5.74, 6) is 0. The molecule has 0 amide bonds. The fraction of sp³-hybridized carbons (Fsp3) is 0.375. The minimum absolute atomic E-state index is 0.268. The molecule has 1 atom stereocenters. The topological polar surface area (TPSA) is 29.3 Å². The van der Waals surface area contributed by atoms with Crippen molar-refractivity contribution in [2.24, 2.45) is 5.73 Å². The zero-order valence-electron chi connectivity index (χ0n) is 11.9. The van der Waals surface area contributed by atoms with Gasteiger partial charge in [-0.1, -0.05) is 18.2 Å². The van der Waals surface area contributed by atoms with Gasteiger partial charge in [0.1, 0.15) is 0 Å². The molecule has 0 saturated heterocycles. The molecule has 1 aromatic carbocycles. The Morgan fingerprint density at radius 2 is 1.89 bits per heavy atom. The highest BCUT2D eigenvalue weighted by atomic mass is 32.1. The Kier molecular flexibility index (Phi) is 4.61. The van der Waals surface area contributed by atoms with Crippen LogP contribution in [0.3, 0.4) is 0 Å². The number of aryl methyl sites for hydroxylation is 2. The Balaban J connectivity index is 2.37. The molecule has 0 fully saturated rings. The van der Waals surface area contributed by atoms with E-state index in [2.05, 4.69) is 62.1 Å². The van der Waals surface area contributed by atoms with Gasteiger partial charge in [-0.2, -0.15) is 0 Å². The quantitative estimate of drug-likeness (QED) is 0.896. The smallest absolute Gasteiger partial charge is 0.0757 e. The van der Waals surface area contributed by atoms with Crippen LogP contribution in [0.25, 0.3) is 0 Å². The van der Waals surface area contributed by atoms with Gasteiger partial charge in [-0.3, -0.25) is 0 Å². The Morgan fingerprint density at radius 1 is 1.16 bits per heavy atom. The molecule has 0 saturated carbocycles. The van der Waals surface area contributed by atoms with Crippen LogP contribution >= 0.6 is 11.3 Å². The van der Waals surface area contributed by atoms with Crippen molar-refractivity contribution < 1.29 is 0 Å². The molecule has 2 aromatic rings. The highest BCUT2D eigenvalue weighted by Gasteiger charge is 2.20. The molecule has 2 N–H and O–H groups in total. The third-order valence-corrected chi connectivity index (χ3v) is 4.56. The molecule has 19 heavy (non-hydrogen) atoms. The van der Waals surface area contributed by atoms with Crippen LogP contribution in [0.5, 0.6) is 0 Å². The fourth-order valence-electron chi connectivity index (χ4n) is 2.47. The molecular weight excluding hydrogens is 252 g/mol. The van der Waals surface area contributed by atoms with E-state index in [1.165, 1.54) is 21.0 Å². The number of rotatable bonds is 5. The molecule has 0 aliphatic heterocycles. The Bertz CT molecular complexity index is 533. The number of hydrogen-bond acceptors (Lipinski definition) is 3. The number of likely N-dealkylation sites (N-methyl/N-ethyl adjacent to an activating group) is 1. The van der Waals surface area contributed by atoms with Gasteiger partial charge in [-0.15, -0.1) is 11.3 Å². The monoisotopic (exact) mass is 274 g/mol. The summed E-state index contributed by atoms with van der Waals surface area (Å²) >= 11 is 1.84. The fourth-order valence-corrected chi connectivity index (χ4v) is 3.48. The van der Waals surface area contributed by atoms with Crippen molar-refractivity contribution >= 4 is 17.0 Å². The summed E-state index contributed by atoms with van der Waals surface area (Å²) in [6.45, 7) is 8.10. The van der Waals surface area contributed by atoms with Crippen LogP contribution in [-0.2, 0) is 0 Å². The van der Waals surface area contributed by atoms with E-state index < -0.39 is 0 Å². The first kappa shape index (κ1) is 14.1. The first-order valence-corrected chi connectivity index (χ1v) is 7.57. The van der Waals surface area contributed by atoms with Crippen molar-refractivity contribution in [1.82, 2.24) is 0 Å². The summed E-state index contributed by atoms with van der Waals surface area (Å²) in [6.07, 6.45) is 0. The van der Waals surface area contributed by atoms with E-state index in [1.54, 1.807) is 0 Å². The normalized spacial score (nSPS) is 12.4. The molecule has 0 aliphatic rings. The maximum atomic E-state index is 6.04. The number of anilines is 1. The molecule has 3 heteroatoms. The van der Waals surface area contributed by atoms with Crippen molar-refractivity contribution in [3.8, 4) is 0 Å². The van der Waals surface area contributed by atoms with Crippen LogP contribution in [0.15, 0.2) is 36.4 Å². The average Bonchev–Trinajstić information content (AvgIpc) is 2.83. The molecule has 0 radical (unpaired) electrons. The van der Waals surface area contributed by atoms with Crippen LogP contribution in [0, 0.1) is 13.8 Å². The number of benzene rings is 1. The lowest BCUT2D eigenvalue weighted by atomic mass is 10.1. The van der Waals surface area contributed by atoms with E-state index >= 15 is 0 Å². The standard InChI is InChI=1S/C16H22N2S/c1-4-18(14-8-6-5-7-12(14)2)15(11-17)16-10-9-13(3)19-16/h5-10,15H,4,11,17H2,1-3H3. The molecule has 0 aliphatic carbocycles. The number of para-hydroxylation sites is 1. The Labute approximate surface area is 119 Å². The molecule has 102 valence electrons. The predicted octanol–water partition coefficient (Wildman–Crippen LogP) is 3.89. The minimum Gasteiger partial charge on any atom is -0.362 e. The van der Waals surface area contributed by atoms with Gasteiger partial charge in [0.15, 0.2) is 0 Å². The molecule has 0 spiro atoms. The summed E-state index contributed by atoms with van der Waals surface area (Å²) < 4.78 is 0. The SMILES string of the molecule is CCN(c1ccccc1C)C(CN)c1ccc(C)s1. The third kappa shape index (κ3) is 2.99. The van der Waals surface area contributed by atoms with E-state index in [0.717, 1.165) is 6.54 Å². The lowest BCUT2D eigenvalue weighted by molar-refractivity contribution is 0.652. The summed E-state index contributed by atoms with van der Waals surface area (Å²) in [6, 6.07) is 13.2. The molecule has 0 bridgehead atoms. The molecule has 2 rings (SSSR count). The Hall–Kier alpha value is -1.32. The molecule has 1 unspecified atom stereocenters. The molecule has 1 heterocycles. The third-order valence-electron chi connectivity index (χ3n) is 3.45. The molecule has 1 aromatic heterocycles. The van der Waals surface area contributed by atoms with Gasteiger partial charge in [-0.05, 0) is 44.5 Å². The van der Waals surface area contributed by atoms with Gasteiger partial charge in [-0.25, -0.2) is 0 Å². The predicted molar refractivity (Wildman–Crippen MR) is 85.1 cm³/mol. The van der Waals surface area contributed by atoms with Crippen LogP contribution in [0.4, 0.5) is 5.69 Å². The molecular formula is C16H22N2S. The van der Waals surface area contributed by atoms with Gasteiger partial charge in [0.2, 0.25) is 0 Å². The number of nitrogens with zero attached hydrogens (tertiary/aromatic N) is 1. The zero-order chi connectivity index (χ0) is 13.8. The van der Waals surface area contributed by atoms with Crippen molar-refractivity contribution in [3.63, 3.8) is 0 Å². The van der Waals surface area contributed by atoms with Crippen LogP contribution in [-0.4, -0.2) is 13.1 Å². The largest absolute Gasteiger partial charge is 0.362 e. The van der Waals surface area contributed by atoms with Gasteiger partial charge < -0.3 is 10.6 Å². The van der Waals surface area contributed by atoms with Gasteiger partial charge in [0.05, 0.1) is 6.04 Å². The second kappa shape index (κ2) is 6.22. The van der Waals surface area contributed by atoms with E-state index in [9.17, 15) is 0 Å². The highest BCUT2D eigenvalue weighted by Crippen LogP contribution is 2.32. The van der Waals surface area contributed by atoms with Crippen molar-refractivity contribution in [2.45, 2.75) is 26.8 Å². The van der Waals surface area contributed by atoms with E-state index in [-0.39, 0.29) is 6.04 Å². The number of hydrogen-bond donors (Lipinski definition) is 1. The van der Waals surface area contributed by atoms with Crippen molar-refractivity contribution in [1.29, 1.82) is 0 Å². The van der Waals surface area contributed by atoms with Crippen molar-refractivity contribution in [3.05, 3.63) is 51.7 Å². The zero-order valence-corrected chi connectivity index (χ0v) is 12.7. The van der Waals surface area contributed by atoms with E-state index in [4.69, 9.17) is 5.73 Å². The molecule has 2 nitrogen and oxygen atoms in total. The minimum atomic E-state index is 0.268. The Morgan fingerprint density at radius 3 is 2.42 bits per heavy atom. The van der Waals surface area contributed by atoms with Gasteiger partial charge >= 0.3 is 0 Å². The lowest BCUT2D eigenvalue weighted by Gasteiger charge is -2.32. The highest BCUT2D eigenvalue weighted by molar-refractivity contribution is 7.12. The summed E-state index contributed by atoms with van der Waals surface area (Å²) in [5.41, 5.74) is 8.63. The first-order valence-electron chi connectivity index (χ1n) is 6.76. The van der Waals surface area contributed by atoms with E-state index in [0.29, 0.717) is 6.54 Å². The van der Waals surface area contributed by atoms with Crippen LogP contribution in [0.2, 0.25) is 0 Å². The number of thiophene rings is 1. The summed E-state index contributed by atoms with van der Waals surface area (Å²) in [7, 11) is 0. The van der Waals surface area contributed by atoms with Gasteiger partial charge in [0, 0.05) is 28.5 Å². The van der Waals surface area contributed by atoms with Crippen LogP contribution in [0.1, 0.15) is 28.3 Å². The summed E-state index contributed by atoms with van der Waals surface area (Å²) in [4.78, 5) is 5.10. The maximum Gasteiger partial charge on any atom is 0.0757 e. The first-order chi connectivity index (χ1) is 9.17. The second-order valence-corrected chi connectivity index (χ2v) is 6.09. The van der Waals surface area contributed by atoms with Crippen molar-refractivity contribution in [2.75, 3.05) is 18.0 Å². The average molecular weight is 274 g/mol. The number of nitrogens with two attached hydrogens (primary N) is 1. The van der Waals surface area contributed by atoms with Gasteiger partial charge in [0.25, 0.3) is 0 Å². The van der Waals surface area contributed by atoms with Crippen LogP contribution < -0.4 is 10.6 Å². The second-order valence-electron chi connectivity index (χ2n) is 4.77. The maximum absolute atomic E-state index is 6.04. The lowest BCUT2D eigenvalue weighted by Crippen LogP contribution is -2.33. The van der Waals surface area contributed by atoms with E-state index in [1.807, 2.05) is 11.3 Å². The summed E-state index contributed by atoms with van der Waals surface area (Å²) in [5, 5.41) is 0.